The van der Waals surface area contributed by atoms with Crippen LogP contribution in [-0.4, -0.2) is 26.2 Å². The lowest BCUT2D eigenvalue weighted by molar-refractivity contribution is -0.137. The molecule has 0 saturated carbocycles. The minimum Gasteiger partial charge on any atom is -0.481 e. The number of hydrogen-bond donors (Lipinski definition) is 1. The first-order valence-corrected chi connectivity index (χ1v) is 5.16. The molecule has 0 atom stereocenters. The molecule has 0 unspecified atom stereocenters. The number of nitrogens with zero attached hydrogens (tertiary/aromatic N) is 3. The molecule has 2 heterocycles. The van der Waals surface area contributed by atoms with Crippen LogP contribution >= 0.6 is 0 Å². The molecule has 0 aliphatic heterocycles. The van der Waals surface area contributed by atoms with E-state index in [9.17, 15) is 4.79 Å². The monoisotopic (exact) mass is 233 g/mol. The number of carboxylic acids is 1. The molecule has 0 saturated heterocycles. The lowest BCUT2D eigenvalue weighted by Crippen LogP contribution is -1.98. The zero-order valence-corrected chi connectivity index (χ0v) is 9.04. The van der Waals surface area contributed by atoms with Crippen molar-refractivity contribution in [2.24, 2.45) is 0 Å². The first-order valence-electron chi connectivity index (χ1n) is 5.16. The average molecular weight is 233 g/mol. The topological polar surface area (TPSA) is 89.1 Å². The van der Waals surface area contributed by atoms with Crippen LogP contribution in [0.15, 0.2) is 29.0 Å². The minimum atomic E-state index is -0.878. The van der Waals surface area contributed by atoms with E-state index >= 15 is 0 Å². The molecule has 0 aliphatic rings. The maximum absolute atomic E-state index is 10.4. The summed E-state index contributed by atoms with van der Waals surface area (Å²) < 4.78 is 4.94. The maximum atomic E-state index is 10.4. The summed E-state index contributed by atoms with van der Waals surface area (Å²) in [4.78, 5) is 18.5. The Morgan fingerprint density at radius 3 is 3.06 bits per heavy atom. The smallest absolute Gasteiger partial charge is 0.303 e. The standard InChI is InChI=1S/C11H11N3O3/c15-11(16)4-3-10-13-9(14-17-10)6-8-2-1-5-12-7-8/h1-2,5,7H,3-4,6H2,(H,15,16). The number of hydrogen-bond acceptors (Lipinski definition) is 5. The van der Waals surface area contributed by atoms with Crippen molar-refractivity contribution in [3.05, 3.63) is 41.8 Å². The van der Waals surface area contributed by atoms with E-state index in [2.05, 4.69) is 15.1 Å². The van der Waals surface area contributed by atoms with Gasteiger partial charge < -0.3 is 9.63 Å². The van der Waals surface area contributed by atoms with Gasteiger partial charge in [0, 0.05) is 25.2 Å². The molecule has 17 heavy (non-hydrogen) atoms. The van der Waals surface area contributed by atoms with E-state index in [-0.39, 0.29) is 12.8 Å². The normalized spacial score (nSPS) is 10.4. The predicted molar refractivity (Wildman–Crippen MR) is 57.3 cm³/mol. The summed E-state index contributed by atoms with van der Waals surface area (Å²) in [5.41, 5.74) is 0.984. The van der Waals surface area contributed by atoms with E-state index in [4.69, 9.17) is 9.63 Å². The molecule has 0 aromatic carbocycles. The molecule has 6 heteroatoms. The predicted octanol–water partition coefficient (Wildman–Crippen LogP) is 1.07. The van der Waals surface area contributed by atoms with Crippen molar-refractivity contribution in [2.45, 2.75) is 19.3 Å². The molecule has 2 aromatic heterocycles. The highest BCUT2D eigenvalue weighted by Crippen LogP contribution is 2.06. The summed E-state index contributed by atoms with van der Waals surface area (Å²) in [6, 6.07) is 3.75. The molecule has 6 nitrogen and oxygen atoms in total. The lowest BCUT2D eigenvalue weighted by atomic mass is 10.2. The molecule has 88 valence electrons. The molecule has 2 aromatic rings. The molecule has 1 N–H and O–H groups in total. The number of rotatable bonds is 5. The van der Waals surface area contributed by atoms with Crippen LogP contribution in [0.2, 0.25) is 0 Å². The molecule has 0 fully saturated rings. The van der Waals surface area contributed by atoms with E-state index in [0.717, 1.165) is 5.56 Å². The van der Waals surface area contributed by atoms with E-state index in [1.54, 1.807) is 12.4 Å². The molecular weight excluding hydrogens is 222 g/mol. The molecule has 2 rings (SSSR count). The number of aliphatic carboxylic acids is 1. The van der Waals surface area contributed by atoms with Gasteiger partial charge >= 0.3 is 5.97 Å². The Labute approximate surface area is 97.3 Å². The second-order valence-corrected chi connectivity index (χ2v) is 3.54. The third-order valence-electron chi connectivity index (χ3n) is 2.15. The molecular formula is C11H11N3O3. The first-order chi connectivity index (χ1) is 8.24. The molecule has 0 amide bonds. The van der Waals surface area contributed by atoms with E-state index < -0.39 is 5.97 Å². The summed E-state index contributed by atoms with van der Waals surface area (Å²) in [5, 5.41) is 12.3. The highest BCUT2D eigenvalue weighted by molar-refractivity contribution is 5.66. The average Bonchev–Trinajstić information content (AvgIpc) is 2.75. The van der Waals surface area contributed by atoms with Crippen molar-refractivity contribution in [3.8, 4) is 0 Å². The zero-order chi connectivity index (χ0) is 12.1. The highest BCUT2D eigenvalue weighted by atomic mass is 16.5. The van der Waals surface area contributed by atoms with Crippen LogP contribution in [0.25, 0.3) is 0 Å². The Balaban J connectivity index is 1.97. The fourth-order valence-corrected chi connectivity index (χ4v) is 1.36. The van der Waals surface area contributed by atoms with Gasteiger partial charge in [0.05, 0.1) is 6.42 Å². The number of carbonyl (C=O) groups is 1. The van der Waals surface area contributed by atoms with Crippen molar-refractivity contribution < 1.29 is 14.4 Å². The van der Waals surface area contributed by atoms with Crippen LogP contribution in [0.1, 0.15) is 23.7 Å². The van der Waals surface area contributed by atoms with Crippen molar-refractivity contribution in [1.82, 2.24) is 15.1 Å². The van der Waals surface area contributed by atoms with E-state index in [1.165, 1.54) is 0 Å². The number of aromatic nitrogens is 3. The summed E-state index contributed by atoms with van der Waals surface area (Å²) >= 11 is 0. The van der Waals surface area contributed by atoms with Gasteiger partial charge in [-0.05, 0) is 11.6 Å². The maximum Gasteiger partial charge on any atom is 0.303 e. The lowest BCUT2D eigenvalue weighted by Gasteiger charge is -1.93. The highest BCUT2D eigenvalue weighted by Gasteiger charge is 2.08. The molecule has 0 radical (unpaired) electrons. The van der Waals surface area contributed by atoms with Gasteiger partial charge in [0.1, 0.15) is 0 Å². The summed E-state index contributed by atoms with van der Waals surface area (Å²) in [6.07, 6.45) is 4.21. The van der Waals surface area contributed by atoms with Crippen LogP contribution in [0.5, 0.6) is 0 Å². The molecule has 0 bridgehead atoms. The van der Waals surface area contributed by atoms with E-state index in [0.29, 0.717) is 18.1 Å². The second-order valence-electron chi connectivity index (χ2n) is 3.54. The van der Waals surface area contributed by atoms with Gasteiger partial charge in [0.2, 0.25) is 5.89 Å². The van der Waals surface area contributed by atoms with Gasteiger partial charge in [-0.2, -0.15) is 4.98 Å². The van der Waals surface area contributed by atoms with Crippen LogP contribution in [0, 0.1) is 0 Å². The van der Waals surface area contributed by atoms with Gasteiger partial charge in [-0.25, -0.2) is 0 Å². The van der Waals surface area contributed by atoms with Gasteiger partial charge in [0.15, 0.2) is 5.82 Å². The van der Waals surface area contributed by atoms with Gasteiger partial charge in [-0.15, -0.1) is 0 Å². The number of pyridine rings is 1. The van der Waals surface area contributed by atoms with Crippen LogP contribution in [0.4, 0.5) is 0 Å². The van der Waals surface area contributed by atoms with Gasteiger partial charge in [0.25, 0.3) is 0 Å². The SMILES string of the molecule is O=C(O)CCc1nc(Cc2cccnc2)no1. The summed E-state index contributed by atoms with van der Waals surface area (Å²) in [5.74, 6) is 0.0155. The molecule has 0 spiro atoms. The fraction of sp³-hybridized carbons (Fsp3) is 0.273. The second kappa shape index (κ2) is 5.20. The minimum absolute atomic E-state index is 0.00543. The number of aryl methyl sites for hydroxylation is 1. The van der Waals surface area contributed by atoms with Crippen molar-refractivity contribution >= 4 is 5.97 Å². The van der Waals surface area contributed by atoms with Crippen molar-refractivity contribution in [3.63, 3.8) is 0 Å². The Morgan fingerprint density at radius 1 is 1.47 bits per heavy atom. The fourth-order valence-electron chi connectivity index (χ4n) is 1.36. The Bertz CT molecular complexity index is 496. The van der Waals surface area contributed by atoms with Crippen molar-refractivity contribution in [1.29, 1.82) is 0 Å². The largest absolute Gasteiger partial charge is 0.481 e. The van der Waals surface area contributed by atoms with Crippen LogP contribution in [-0.2, 0) is 17.6 Å². The van der Waals surface area contributed by atoms with Crippen LogP contribution < -0.4 is 0 Å². The van der Waals surface area contributed by atoms with Gasteiger partial charge in [-0.3, -0.25) is 9.78 Å². The summed E-state index contributed by atoms with van der Waals surface area (Å²) in [6.45, 7) is 0. The van der Waals surface area contributed by atoms with Crippen molar-refractivity contribution in [2.75, 3.05) is 0 Å². The third-order valence-corrected chi connectivity index (χ3v) is 2.15. The zero-order valence-electron chi connectivity index (χ0n) is 9.04. The number of carboxylic acid groups (broad SMARTS) is 1. The third kappa shape index (κ3) is 3.37. The Hall–Kier alpha value is -2.24. The van der Waals surface area contributed by atoms with Gasteiger partial charge in [-0.1, -0.05) is 11.2 Å². The first kappa shape index (κ1) is 11.3. The molecule has 0 aliphatic carbocycles. The Kier molecular flexibility index (Phi) is 3.44. The van der Waals surface area contributed by atoms with E-state index in [1.807, 2.05) is 12.1 Å². The Morgan fingerprint density at radius 2 is 2.35 bits per heavy atom. The quantitative estimate of drug-likeness (QED) is 0.830. The van der Waals surface area contributed by atoms with Crippen LogP contribution in [0.3, 0.4) is 0 Å². The summed E-state index contributed by atoms with van der Waals surface area (Å²) in [7, 11) is 0.